The van der Waals surface area contributed by atoms with E-state index < -0.39 is 6.10 Å². The lowest BCUT2D eigenvalue weighted by molar-refractivity contribution is -0.135. The zero-order valence-electron chi connectivity index (χ0n) is 18.2. The topological polar surface area (TPSA) is 107 Å². The molecule has 3 aliphatic rings. The van der Waals surface area contributed by atoms with Gasteiger partial charge in [0.05, 0.1) is 22.9 Å². The van der Waals surface area contributed by atoms with Gasteiger partial charge in [-0.15, -0.1) is 0 Å². The first kappa shape index (κ1) is 20.8. The summed E-state index contributed by atoms with van der Waals surface area (Å²) in [6.07, 6.45) is 2.82. The number of likely N-dealkylation sites (tertiary alicyclic amines) is 1. The lowest BCUT2D eigenvalue weighted by atomic mass is 9.93. The Hall–Kier alpha value is -3.04. The summed E-state index contributed by atoms with van der Waals surface area (Å²) in [6, 6.07) is 3.59. The molecule has 1 aromatic carbocycles. The van der Waals surface area contributed by atoms with Crippen LogP contribution in [0.3, 0.4) is 0 Å². The third-order valence-corrected chi connectivity index (χ3v) is 6.82. The Morgan fingerprint density at radius 3 is 2.59 bits per heavy atom. The molecule has 0 radical (unpaired) electrons. The summed E-state index contributed by atoms with van der Waals surface area (Å²) in [5, 5.41) is 15.5. The molecule has 1 fully saturated rings. The minimum atomic E-state index is -0.625. The standard InChI is InChI=1S/C23H26N4O5/c1-13-16(3-4-17-18(13)10-31-23(17)30)20(28)9-26-7-5-15(6-8-26)21-24-12-27(25-21)19-11-32-22(29)14(19)2/h3-4,12,15,20,28H,5-11H2,1-2H3/t20-/m0/s1. The summed E-state index contributed by atoms with van der Waals surface area (Å²) < 4.78 is 11.8. The number of piperidine rings is 1. The number of ether oxygens (including phenoxy) is 2. The van der Waals surface area contributed by atoms with E-state index in [0.717, 1.165) is 54.1 Å². The number of esters is 2. The molecule has 0 aliphatic carbocycles. The van der Waals surface area contributed by atoms with Gasteiger partial charge in [-0.3, -0.25) is 0 Å². The molecule has 5 rings (SSSR count). The molecule has 0 spiro atoms. The maximum atomic E-state index is 11.7. The van der Waals surface area contributed by atoms with Gasteiger partial charge < -0.3 is 19.5 Å². The number of rotatable bonds is 5. The number of hydrogen-bond acceptors (Lipinski definition) is 8. The van der Waals surface area contributed by atoms with Crippen molar-refractivity contribution in [2.75, 3.05) is 26.2 Å². The predicted octanol–water partition coefficient (Wildman–Crippen LogP) is 1.96. The van der Waals surface area contributed by atoms with Gasteiger partial charge in [0.2, 0.25) is 0 Å². The molecule has 2 aromatic rings. The Balaban J connectivity index is 1.20. The van der Waals surface area contributed by atoms with Crippen LogP contribution in [0.25, 0.3) is 5.70 Å². The number of nitrogens with zero attached hydrogens (tertiary/aromatic N) is 4. The Labute approximate surface area is 185 Å². The molecule has 0 amide bonds. The van der Waals surface area contributed by atoms with Crippen LogP contribution in [0.5, 0.6) is 0 Å². The fourth-order valence-electron chi connectivity index (χ4n) is 4.74. The number of carbonyl (C=O) groups excluding carboxylic acids is 2. The molecule has 1 atom stereocenters. The summed E-state index contributed by atoms with van der Waals surface area (Å²) >= 11 is 0. The van der Waals surface area contributed by atoms with Crippen molar-refractivity contribution in [2.45, 2.75) is 45.3 Å². The van der Waals surface area contributed by atoms with Crippen LogP contribution in [0.1, 0.15) is 64.7 Å². The summed E-state index contributed by atoms with van der Waals surface area (Å²) in [5.41, 5.74) is 4.58. The molecule has 0 bridgehead atoms. The van der Waals surface area contributed by atoms with Crippen molar-refractivity contribution >= 4 is 17.6 Å². The van der Waals surface area contributed by atoms with Gasteiger partial charge in [0.1, 0.15) is 19.5 Å². The first-order chi connectivity index (χ1) is 15.4. The molecular formula is C23H26N4O5. The number of cyclic esters (lactones) is 2. The second kappa shape index (κ2) is 8.14. The number of aliphatic hydroxyl groups excluding tert-OH is 1. The summed E-state index contributed by atoms with van der Waals surface area (Å²) in [7, 11) is 0. The molecule has 3 aliphatic heterocycles. The second-order valence-corrected chi connectivity index (χ2v) is 8.67. The normalized spacial score (nSPS) is 20.5. The number of hydrogen-bond donors (Lipinski definition) is 1. The first-order valence-corrected chi connectivity index (χ1v) is 10.9. The van der Waals surface area contributed by atoms with E-state index in [9.17, 15) is 14.7 Å². The van der Waals surface area contributed by atoms with Crippen molar-refractivity contribution < 1.29 is 24.2 Å². The van der Waals surface area contributed by atoms with Gasteiger partial charge in [-0.1, -0.05) is 6.07 Å². The minimum absolute atomic E-state index is 0.228. The molecule has 0 unspecified atom stereocenters. The van der Waals surface area contributed by atoms with Crippen molar-refractivity contribution in [2.24, 2.45) is 0 Å². The van der Waals surface area contributed by atoms with Gasteiger partial charge in [0, 0.05) is 18.0 Å². The van der Waals surface area contributed by atoms with Crippen LogP contribution in [-0.4, -0.2) is 63.0 Å². The molecule has 1 aromatic heterocycles. The summed E-state index contributed by atoms with van der Waals surface area (Å²) in [6.45, 7) is 6.40. The fourth-order valence-corrected chi connectivity index (χ4v) is 4.74. The fraction of sp³-hybridized carbons (Fsp3) is 0.478. The van der Waals surface area contributed by atoms with Crippen molar-refractivity contribution in [3.05, 3.63) is 52.1 Å². The van der Waals surface area contributed by atoms with Crippen LogP contribution in [0.15, 0.2) is 24.0 Å². The Morgan fingerprint density at radius 2 is 1.88 bits per heavy atom. The molecule has 1 saturated heterocycles. The molecule has 9 nitrogen and oxygen atoms in total. The van der Waals surface area contributed by atoms with Crippen molar-refractivity contribution in [3.8, 4) is 0 Å². The largest absolute Gasteiger partial charge is 0.457 e. The van der Waals surface area contributed by atoms with Gasteiger partial charge in [-0.05, 0) is 57.0 Å². The van der Waals surface area contributed by atoms with Crippen LogP contribution in [0.4, 0.5) is 0 Å². The quantitative estimate of drug-likeness (QED) is 0.706. The van der Waals surface area contributed by atoms with Gasteiger partial charge >= 0.3 is 11.9 Å². The zero-order valence-corrected chi connectivity index (χ0v) is 18.2. The molecule has 168 valence electrons. The van der Waals surface area contributed by atoms with E-state index in [4.69, 9.17) is 9.47 Å². The molecule has 9 heteroatoms. The van der Waals surface area contributed by atoms with Crippen molar-refractivity contribution in [3.63, 3.8) is 0 Å². The molecule has 32 heavy (non-hydrogen) atoms. The summed E-state index contributed by atoms with van der Waals surface area (Å²) in [5.74, 6) is 0.430. The average molecular weight is 438 g/mol. The highest BCUT2D eigenvalue weighted by atomic mass is 16.5. The number of fused-ring (bicyclic) bond motifs is 1. The zero-order chi connectivity index (χ0) is 22.4. The summed E-state index contributed by atoms with van der Waals surface area (Å²) in [4.78, 5) is 30.1. The van der Waals surface area contributed by atoms with Gasteiger partial charge in [-0.2, -0.15) is 5.10 Å². The van der Waals surface area contributed by atoms with Crippen molar-refractivity contribution in [1.29, 1.82) is 0 Å². The number of carbonyl (C=O) groups is 2. The Kier molecular flexibility index (Phi) is 5.30. The first-order valence-electron chi connectivity index (χ1n) is 10.9. The SMILES string of the molecule is CC1=C(n2cnc(C3CCN(C[C@H](O)c4ccc5c(c4C)COC5=O)CC3)n2)COC1=O. The minimum Gasteiger partial charge on any atom is -0.457 e. The number of β-amino-alcohol motifs (C(OH)–C–C–N with tert-alkyl or cyclic N) is 1. The van der Waals surface area contributed by atoms with Crippen molar-refractivity contribution in [1.82, 2.24) is 19.7 Å². The number of benzene rings is 1. The smallest absolute Gasteiger partial charge is 0.338 e. The third-order valence-electron chi connectivity index (χ3n) is 6.82. The highest BCUT2D eigenvalue weighted by Crippen LogP contribution is 2.31. The molecular weight excluding hydrogens is 412 g/mol. The van der Waals surface area contributed by atoms with E-state index >= 15 is 0 Å². The van der Waals surface area contributed by atoms with E-state index in [2.05, 4.69) is 15.0 Å². The van der Waals surface area contributed by atoms with Gasteiger partial charge in [-0.25, -0.2) is 19.3 Å². The van der Waals surface area contributed by atoms with Crippen LogP contribution in [-0.2, 0) is 20.9 Å². The monoisotopic (exact) mass is 438 g/mol. The highest BCUT2D eigenvalue weighted by molar-refractivity contribution is 5.97. The van der Waals surface area contributed by atoms with Gasteiger partial charge in [0.15, 0.2) is 5.82 Å². The van der Waals surface area contributed by atoms with Crippen LogP contribution >= 0.6 is 0 Å². The highest BCUT2D eigenvalue weighted by Gasteiger charge is 2.29. The molecule has 4 heterocycles. The lowest BCUT2D eigenvalue weighted by Gasteiger charge is -2.32. The maximum Gasteiger partial charge on any atom is 0.338 e. The van der Waals surface area contributed by atoms with Gasteiger partial charge in [0.25, 0.3) is 0 Å². The third kappa shape index (κ3) is 3.61. The van der Waals surface area contributed by atoms with E-state index in [1.54, 1.807) is 24.0 Å². The maximum absolute atomic E-state index is 11.7. The van der Waals surface area contributed by atoms with Crippen LogP contribution < -0.4 is 0 Å². The predicted molar refractivity (Wildman–Crippen MR) is 114 cm³/mol. The molecule has 1 N–H and O–H groups in total. The Bertz CT molecular complexity index is 1110. The molecule has 0 saturated carbocycles. The number of aromatic nitrogens is 3. The lowest BCUT2D eigenvalue weighted by Crippen LogP contribution is -2.36. The van der Waals surface area contributed by atoms with Crippen LogP contribution in [0, 0.1) is 6.92 Å². The van der Waals surface area contributed by atoms with E-state index in [0.29, 0.717) is 17.7 Å². The number of aliphatic hydroxyl groups is 1. The Morgan fingerprint density at radius 1 is 1.12 bits per heavy atom. The van der Waals surface area contributed by atoms with E-state index in [1.807, 2.05) is 13.0 Å². The van der Waals surface area contributed by atoms with Crippen LogP contribution in [0.2, 0.25) is 0 Å². The van der Waals surface area contributed by atoms with E-state index in [-0.39, 0.29) is 31.1 Å². The second-order valence-electron chi connectivity index (χ2n) is 8.67. The van der Waals surface area contributed by atoms with E-state index in [1.165, 1.54) is 0 Å². The average Bonchev–Trinajstić information content (AvgIpc) is 3.50.